The summed E-state index contributed by atoms with van der Waals surface area (Å²) in [4.78, 5) is 25.3. The van der Waals surface area contributed by atoms with Gasteiger partial charge in [-0.3, -0.25) is 9.59 Å². The molecule has 1 saturated heterocycles. The topological polar surface area (TPSA) is 102 Å². The van der Waals surface area contributed by atoms with Crippen LogP contribution in [0.1, 0.15) is 32.0 Å². The number of carbonyl (C=O) groups excluding carboxylic acids is 2. The van der Waals surface area contributed by atoms with Gasteiger partial charge in [0.15, 0.2) is 11.5 Å². The van der Waals surface area contributed by atoms with E-state index in [4.69, 9.17) is 4.74 Å². The second kappa shape index (κ2) is 7.91. The Balaban J connectivity index is 1.60. The fraction of sp³-hybridized carbons (Fsp3) is 0.562. The predicted molar refractivity (Wildman–Crippen MR) is 90.2 cm³/mol. The molecule has 0 aliphatic carbocycles. The Morgan fingerprint density at radius 1 is 1.24 bits per heavy atom. The van der Waals surface area contributed by atoms with E-state index in [0.717, 1.165) is 18.9 Å². The fourth-order valence-electron chi connectivity index (χ4n) is 2.79. The van der Waals surface area contributed by atoms with Crippen molar-refractivity contribution in [2.24, 2.45) is 0 Å². The number of hydrogen-bond donors (Lipinski definition) is 1. The molecule has 1 aliphatic heterocycles. The summed E-state index contributed by atoms with van der Waals surface area (Å²) < 4.78 is 6.45. The summed E-state index contributed by atoms with van der Waals surface area (Å²) in [5.74, 6) is 0.848. The summed E-state index contributed by atoms with van der Waals surface area (Å²) in [6.45, 7) is 3.91. The maximum atomic E-state index is 11.9. The molecule has 1 fully saturated rings. The molecular weight excluding hydrogens is 324 g/mol. The fourth-order valence-corrected chi connectivity index (χ4v) is 2.79. The Hall–Kier alpha value is -2.71. The van der Waals surface area contributed by atoms with E-state index in [1.54, 1.807) is 11.4 Å². The summed E-state index contributed by atoms with van der Waals surface area (Å²) in [6.07, 6.45) is 2.95. The van der Waals surface area contributed by atoms with E-state index in [-0.39, 0.29) is 18.9 Å². The highest BCUT2D eigenvalue weighted by molar-refractivity contribution is 5.81. The summed E-state index contributed by atoms with van der Waals surface area (Å²) in [7, 11) is 0. The smallest absolute Gasteiger partial charge is 0.325 e. The van der Waals surface area contributed by atoms with Crippen LogP contribution in [0, 0.1) is 0 Å². The molecule has 134 valence electrons. The second-order valence-corrected chi connectivity index (χ2v) is 5.85. The van der Waals surface area contributed by atoms with Crippen LogP contribution in [0.5, 0.6) is 0 Å². The number of aryl methyl sites for hydroxylation is 1. The molecule has 9 nitrogen and oxygen atoms in total. The van der Waals surface area contributed by atoms with E-state index in [2.05, 4.69) is 25.5 Å². The molecule has 1 aliphatic rings. The molecule has 0 bridgehead atoms. The number of rotatable bonds is 7. The van der Waals surface area contributed by atoms with Crippen molar-refractivity contribution in [3.8, 4) is 0 Å². The number of anilines is 1. The normalized spacial score (nSPS) is 14.0. The molecule has 0 atom stereocenters. The van der Waals surface area contributed by atoms with Gasteiger partial charge in [-0.05, 0) is 31.9 Å². The molecule has 1 N–H and O–H groups in total. The van der Waals surface area contributed by atoms with Crippen molar-refractivity contribution in [2.45, 2.75) is 32.6 Å². The zero-order valence-corrected chi connectivity index (χ0v) is 14.3. The summed E-state index contributed by atoms with van der Waals surface area (Å²) in [5, 5.41) is 15.3. The molecule has 2 aromatic heterocycles. The molecular formula is C16H22N6O3. The molecule has 0 spiro atoms. The first-order valence-corrected chi connectivity index (χ1v) is 8.56. The minimum Gasteiger partial charge on any atom is -0.465 e. The lowest BCUT2D eigenvalue weighted by Gasteiger charge is -2.15. The molecule has 0 radical (unpaired) electrons. The largest absolute Gasteiger partial charge is 0.465 e. The molecule has 0 unspecified atom stereocenters. The molecule has 2 aromatic rings. The third-order valence-electron chi connectivity index (χ3n) is 4.05. The minimum absolute atomic E-state index is 0.120. The van der Waals surface area contributed by atoms with E-state index in [1.807, 2.05) is 12.1 Å². The molecule has 0 saturated carbocycles. The summed E-state index contributed by atoms with van der Waals surface area (Å²) in [6, 6.07) is 3.84. The average molecular weight is 346 g/mol. The molecule has 25 heavy (non-hydrogen) atoms. The lowest BCUT2D eigenvalue weighted by atomic mass is 10.3. The van der Waals surface area contributed by atoms with Gasteiger partial charge in [0, 0.05) is 25.9 Å². The van der Waals surface area contributed by atoms with Gasteiger partial charge in [-0.25, -0.2) is 0 Å². The third kappa shape index (κ3) is 4.23. The van der Waals surface area contributed by atoms with E-state index in [9.17, 15) is 9.59 Å². The van der Waals surface area contributed by atoms with Crippen LogP contribution in [0.4, 0.5) is 5.82 Å². The number of nitrogens with zero attached hydrogens (tertiary/aromatic N) is 5. The SMILES string of the molecule is CCOC(=O)CNC(=O)CCc1nnc2ccc(N3CCCC3)nn12. The van der Waals surface area contributed by atoms with Crippen molar-refractivity contribution in [3.05, 3.63) is 18.0 Å². The quantitative estimate of drug-likeness (QED) is 0.721. The van der Waals surface area contributed by atoms with Gasteiger partial charge in [-0.2, -0.15) is 4.52 Å². The van der Waals surface area contributed by atoms with Gasteiger partial charge in [0.25, 0.3) is 0 Å². The van der Waals surface area contributed by atoms with E-state index < -0.39 is 5.97 Å². The lowest BCUT2D eigenvalue weighted by molar-refractivity contribution is -0.143. The lowest BCUT2D eigenvalue weighted by Crippen LogP contribution is -2.30. The van der Waals surface area contributed by atoms with Gasteiger partial charge in [-0.1, -0.05) is 0 Å². The van der Waals surface area contributed by atoms with Crippen molar-refractivity contribution in [1.82, 2.24) is 25.1 Å². The number of esters is 1. The number of aromatic nitrogens is 4. The third-order valence-corrected chi connectivity index (χ3v) is 4.05. The predicted octanol–water partition coefficient (Wildman–Crippen LogP) is 0.336. The number of amides is 1. The number of ether oxygens (including phenoxy) is 1. The number of hydrogen-bond acceptors (Lipinski definition) is 7. The summed E-state index contributed by atoms with van der Waals surface area (Å²) >= 11 is 0. The molecule has 3 heterocycles. The van der Waals surface area contributed by atoms with Crippen LogP contribution < -0.4 is 10.2 Å². The second-order valence-electron chi connectivity index (χ2n) is 5.85. The van der Waals surface area contributed by atoms with Crippen molar-refractivity contribution in [2.75, 3.05) is 31.1 Å². The van der Waals surface area contributed by atoms with Crippen LogP contribution in [-0.2, 0) is 20.7 Å². The van der Waals surface area contributed by atoms with Crippen LogP contribution in [0.15, 0.2) is 12.1 Å². The Labute approximate surface area is 145 Å². The van der Waals surface area contributed by atoms with Crippen molar-refractivity contribution >= 4 is 23.3 Å². The van der Waals surface area contributed by atoms with Crippen LogP contribution in [0.2, 0.25) is 0 Å². The number of nitrogens with one attached hydrogen (secondary N) is 1. The van der Waals surface area contributed by atoms with Gasteiger partial charge in [-0.15, -0.1) is 15.3 Å². The van der Waals surface area contributed by atoms with Gasteiger partial charge in [0.05, 0.1) is 6.61 Å². The summed E-state index contributed by atoms with van der Waals surface area (Å²) in [5.41, 5.74) is 0.657. The van der Waals surface area contributed by atoms with E-state index in [1.165, 1.54) is 12.8 Å². The molecule has 3 rings (SSSR count). The highest BCUT2D eigenvalue weighted by Crippen LogP contribution is 2.18. The Morgan fingerprint density at radius 3 is 2.80 bits per heavy atom. The zero-order chi connectivity index (χ0) is 17.6. The first-order valence-electron chi connectivity index (χ1n) is 8.56. The highest BCUT2D eigenvalue weighted by atomic mass is 16.5. The first kappa shape index (κ1) is 17.1. The highest BCUT2D eigenvalue weighted by Gasteiger charge is 2.16. The van der Waals surface area contributed by atoms with Gasteiger partial charge >= 0.3 is 5.97 Å². The van der Waals surface area contributed by atoms with Crippen molar-refractivity contribution in [1.29, 1.82) is 0 Å². The number of carbonyl (C=O) groups is 2. The zero-order valence-electron chi connectivity index (χ0n) is 14.3. The van der Waals surface area contributed by atoms with Crippen LogP contribution in [0.3, 0.4) is 0 Å². The van der Waals surface area contributed by atoms with Gasteiger partial charge < -0.3 is 15.0 Å². The average Bonchev–Trinajstić information content (AvgIpc) is 3.27. The number of fused-ring (bicyclic) bond motifs is 1. The van der Waals surface area contributed by atoms with Crippen LogP contribution in [-0.4, -0.2) is 57.9 Å². The van der Waals surface area contributed by atoms with E-state index in [0.29, 0.717) is 24.5 Å². The minimum atomic E-state index is -0.444. The standard InChI is InChI=1S/C16H22N6O3/c1-2-25-16(24)11-17-15(23)8-7-13-19-18-12-5-6-14(20-22(12)13)21-9-3-4-10-21/h5-6H,2-4,7-11H2,1H3,(H,17,23). The molecule has 9 heteroatoms. The molecule has 1 amide bonds. The van der Waals surface area contributed by atoms with E-state index >= 15 is 0 Å². The molecule has 0 aromatic carbocycles. The Bertz CT molecular complexity index is 753. The van der Waals surface area contributed by atoms with Crippen LogP contribution in [0.25, 0.3) is 5.65 Å². The monoisotopic (exact) mass is 346 g/mol. The van der Waals surface area contributed by atoms with Crippen molar-refractivity contribution < 1.29 is 14.3 Å². The maximum absolute atomic E-state index is 11.9. The first-order chi connectivity index (χ1) is 12.2. The Kier molecular flexibility index (Phi) is 5.42. The van der Waals surface area contributed by atoms with Crippen LogP contribution >= 0.6 is 0 Å². The Morgan fingerprint density at radius 2 is 2.04 bits per heavy atom. The van der Waals surface area contributed by atoms with Crippen molar-refractivity contribution in [3.63, 3.8) is 0 Å². The maximum Gasteiger partial charge on any atom is 0.325 e. The van der Waals surface area contributed by atoms with Gasteiger partial charge in [0.1, 0.15) is 12.4 Å². The van der Waals surface area contributed by atoms with Gasteiger partial charge in [0.2, 0.25) is 5.91 Å².